The topological polar surface area (TPSA) is 72.5 Å². The molecule has 3 N–H and O–H groups in total. The van der Waals surface area contributed by atoms with Gasteiger partial charge in [-0.2, -0.15) is 0 Å². The molecular formula is C8H10ClNO3. The minimum Gasteiger partial charge on any atom is -0.478 e. The van der Waals surface area contributed by atoms with Crippen molar-refractivity contribution in [1.29, 1.82) is 0 Å². The van der Waals surface area contributed by atoms with E-state index in [1.54, 1.807) is 0 Å². The minimum atomic E-state index is -1.25. The largest absolute Gasteiger partial charge is 0.478 e. The highest BCUT2D eigenvalue weighted by molar-refractivity contribution is 6.25. The van der Waals surface area contributed by atoms with E-state index in [0.29, 0.717) is 0 Å². The van der Waals surface area contributed by atoms with Gasteiger partial charge in [-0.05, 0) is 6.08 Å². The second-order valence-corrected chi connectivity index (χ2v) is 3.28. The van der Waals surface area contributed by atoms with E-state index in [-0.39, 0.29) is 5.57 Å². The van der Waals surface area contributed by atoms with Crippen molar-refractivity contribution in [3.63, 3.8) is 0 Å². The molecule has 0 fully saturated rings. The molecule has 0 heterocycles. The van der Waals surface area contributed by atoms with E-state index in [0.717, 1.165) is 0 Å². The highest BCUT2D eigenvalue weighted by atomic mass is 35.5. The van der Waals surface area contributed by atoms with Crippen LogP contribution in [0.4, 0.5) is 0 Å². The molecule has 0 aromatic carbocycles. The normalized spacial score (nSPS) is 32.8. The molecule has 0 aromatic heterocycles. The smallest absolute Gasteiger partial charge is 0.335 e. The number of hydrogen-bond acceptors (Lipinski definition) is 3. The first-order chi connectivity index (χ1) is 5.99. The molecule has 1 aliphatic carbocycles. The molecule has 0 aliphatic heterocycles. The maximum Gasteiger partial charge on any atom is 0.335 e. The zero-order valence-corrected chi connectivity index (χ0v) is 7.78. The van der Waals surface area contributed by atoms with Gasteiger partial charge >= 0.3 is 5.97 Å². The summed E-state index contributed by atoms with van der Waals surface area (Å²) in [4.78, 5) is 10.6. The summed E-state index contributed by atoms with van der Waals surface area (Å²) < 4.78 is 4.92. The number of carboxylic acids is 1. The van der Waals surface area contributed by atoms with E-state index in [1.165, 1.54) is 25.3 Å². The van der Waals surface area contributed by atoms with Crippen LogP contribution in [0.2, 0.25) is 0 Å². The maximum absolute atomic E-state index is 10.6. The summed E-state index contributed by atoms with van der Waals surface area (Å²) in [5, 5.41) is 7.43. The Hall–Kier alpha value is -0.840. The molecule has 2 atom stereocenters. The highest BCUT2D eigenvalue weighted by Crippen LogP contribution is 2.28. The van der Waals surface area contributed by atoms with Crippen molar-refractivity contribution in [3.05, 3.63) is 23.8 Å². The summed E-state index contributed by atoms with van der Waals surface area (Å²) >= 11 is 5.91. The predicted octanol–water partition coefficient (Wildman–Crippen LogP) is 0.476. The molecule has 0 radical (unpaired) electrons. The van der Waals surface area contributed by atoms with Gasteiger partial charge in [0.1, 0.15) is 0 Å². The molecule has 1 aliphatic rings. The maximum atomic E-state index is 10.6. The number of ether oxygens (including phenoxy) is 1. The highest BCUT2D eigenvalue weighted by Gasteiger charge is 2.34. The number of rotatable bonds is 2. The van der Waals surface area contributed by atoms with Gasteiger partial charge in [0.05, 0.1) is 11.6 Å². The Bertz CT molecular complexity index is 287. The fourth-order valence-corrected chi connectivity index (χ4v) is 1.21. The number of hydrogen-bond donors (Lipinski definition) is 2. The lowest BCUT2D eigenvalue weighted by atomic mass is 10.0. The zero-order chi connectivity index (χ0) is 10.1. The van der Waals surface area contributed by atoms with Gasteiger partial charge in [0.2, 0.25) is 0 Å². The molecule has 1 rings (SSSR count). The van der Waals surface area contributed by atoms with Crippen molar-refractivity contribution in [2.45, 2.75) is 11.1 Å². The minimum absolute atomic E-state index is 0.0820. The Morgan fingerprint density at radius 1 is 1.85 bits per heavy atom. The molecule has 2 unspecified atom stereocenters. The fourth-order valence-electron chi connectivity index (χ4n) is 1.02. The second kappa shape index (κ2) is 3.49. The fraction of sp³-hybridized carbons (Fsp3) is 0.375. The second-order valence-electron chi connectivity index (χ2n) is 2.69. The van der Waals surface area contributed by atoms with Gasteiger partial charge in [-0.3, -0.25) is 0 Å². The van der Waals surface area contributed by atoms with E-state index in [9.17, 15) is 4.79 Å². The summed E-state index contributed by atoms with van der Waals surface area (Å²) in [7, 11) is 1.38. The summed E-state index contributed by atoms with van der Waals surface area (Å²) in [6.07, 6.45) is 4.20. The first kappa shape index (κ1) is 10.2. The molecule has 0 spiro atoms. The molecule has 0 aromatic rings. The quantitative estimate of drug-likeness (QED) is 0.641. The number of carbonyl (C=O) groups is 1. The monoisotopic (exact) mass is 203 g/mol. The number of aliphatic carboxylic acids is 1. The van der Waals surface area contributed by atoms with Crippen molar-refractivity contribution in [1.82, 2.24) is 0 Å². The third-order valence-corrected chi connectivity index (χ3v) is 2.37. The van der Waals surface area contributed by atoms with E-state index < -0.39 is 17.1 Å². The number of methoxy groups -OCH3 is 1. The van der Waals surface area contributed by atoms with Crippen molar-refractivity contribution in [2.75, 3.05) is 7.11 Å². The van der Waals surface area contributed by atoms with Crippen molar-refractivity contribution < 1.29 is 14.6 Å². The van der Waals surface area contributed by atoms with E-state index in [2.05, 4.69) is 0 Å². The predicted molar refractivity (Wildman–Crippen MR) is 48.4 cm³/mol. The first-order valence-corrected chi connectivity index (χ1v) is 4.01. The van der Waals surface area contributed by atoms with Crippen LogP contribution in [0.3, 0.4) is 0 Å². The van der Waals surface area contributed by atoms with Crippen LogP contribution in [0.5, 0.6) is 0 Å². The van der Waals surface area contributed by atoms with Crippen LogP contribution >= 0.6 is 11.6 Å². The van der Waals surface area contributed by atoms with Crippen LogP contribution in [0.1, 0.15) is 0 Å². The van der Waals surface area contributed by atoms with Crippen molar-refractivity contribution in [2.24, 2.45) is 5.73 Å². The average Bonchev–Trinajstić information content (AvgIpc) is 2.09. The molecule has 0 saturated carbocycles. The Morgan fingerprint density at radius 3 is 2.92 bits per heavy atom. The van der Waals surface area contributed by atoms with Crippen LogP contribution in [0.15, 0.2) is 23.8 Å². The Morgan fingerprint density at radius 2 is 2.46 bits per heavy atom. The number of halogens is 1. The van der Waals surface area contributed by atoms with Crippen molar-refractivity contribution in [3.8, 4) is 0 Å². The van der Waals surface area contributed by atoms with Crippen LogP contribution in [-0.4, -0.2) is 29.3 Å². The van der Waals surface area contributed by atoms with E-state index >= 15 is 0 Å². The van der Waals surface area contributed by atoms with Gasteiger partial charge in [0.25, 0.3) is 0 Å². The summed E-state index contributed by atoms with van der Waals surface area (Å²) in [6.45, 7) is 0. The van der Waals surface area contributed by atoms with Gasteiger partial charge in [0.15, 0.2) is 5.06 Å². The Labute approximate surface area is 80.6 Å². The lowest BCUT2D eigenvalue weighted by molar-refractivity contribution is -0.132. The van der Waals surface area contributed by atoms with Crippen molar-refractivity contribution >= 4 is 17.6 Å². The van der Waals surface area contributed by atoms with E-state index in [4.69, 9.17) is 27.2 Å². The molecule has 0 amide bonds. The van der Waals surface area contributed by atoms with Crippen LogP contribution in [-0.2, 0) is 9.53 Å². The molecule has 5 heteroatoms. The SMILES string of the molecule is COC1(Cl)C=C(C(=O)O)C=CC1N. The summed E-state index contributed by atoms with van der Waals surface area (Å²) in [6, 6.07) is -0.540. The first-order valence-electron chi connectivity index (χ1n) is 3.63. The van der Waals surface area contributed by atoms with Gasteiger partial charge in [0, 0.05) is 7.11 Å². The number of carboxylic acid groups (broad SMARTS) is 1. The molecular weight excluding hydrogens is 194 g/mol. The Kier molecular flexibility index (Phi) is 2.75. The third-order valence-electron chi connectivity index (χ3n) is 1.85. The summed E-state index contributed by atoms with van der Waals surface area (Å²) in [5.74, 6) is -1.05. The number of alkyl halides is 1. The lowest BCUT2D eigenvalue weighted by Crippen LogP contribution is -2.44. The molecule has 4 nitrogen and oxygen atoms in total. The van der Waals surface area contributed by atoms with Gasteiger partial charge in [-0.1, -0.05) is 23.8 Å². The molecule has 72 valence electrons. The average molecular weight is 204 g/mol. The Balaban J connectivity index is 3.00. The van der Waals surface area contributed by atoms with Gasteiger partial charge in [-0.25, -0.2) is 4.79 Å². The number of nitrogens with two attached hydrogens (primary N) is 1. The van der Waals surface area contributed by atoms with E-state index in [1.807, 2.05) is 0 Å². The molecule has 0 bridgehead atoms. The lowest BCUT2D eigenvalue weighted by Gasteiger charge is -2.29. The molecule has 0 saturated heterocycles. The zero-order valence-electron chi connectivity index (χ0n) is 7.03. The summed E-state index contributed by atoms with van der Waals surface area (Å²) in [5.41, 5.74) is 5.69. The van der Waals surface area contributed by atoms with Crippen LogP contribution in [0.25, 0.3) is 0 Å². The third kappa shape index (κ3) is 1.91. The van der Waals surface area contributed by atoms with Gasteiger partial charge in [-0.15, -0.1) is 0 Å². The van der Waals surface area contributed by atoms with Crippen LogP contribution in [0, 0.1) is 0 Å². The van der Waals surface area contributed by atoms with Crippen LogP contribution < -0.4 is 5.73 Å². The standard InChI is InChI=1S/C8H10ClNO3/c1-13-8(9)4-5(7(11)12)2-3-6(8)10/h2-4,6H,10H2,1H3,(H,11,12). The van der Waals surface area contributed by atoms with Gasteiger partial charge < -0.3 is 15.6 Å². The molecule has 13 heavy (non-hydrogen) atoms.